The Hall–Kier alpha value is -0.640. The van der Waals surface area contributed by atoms with Gasteiger partial charge in [0.1, 0.15) is 0 Å². The summed E-state index contributed by atoms with van der Waals surface area (Å²) in [7, 11) is 0. The van der Waals surface area contributed by atoms with Gasteiger partial charge in [-0.25, -0.2) is 9.18 Å². The van der Waals surface area contributed by atoms with Gasteiger partial charge in [-0.2, -0.15) is 0 Å². The highest BCUT2D eigenvalue weighted by Crippen LogP contribution is 2.19. The van der Waals surface area contributed by atoms with Crippen LogP contribution in [0.2, 0.25) is 0 Å². The number of hydrogen-bond acceptors (Lipinski definition) is 2. The summed E-state index contributed by atoms with van der Waals surface area (Å²) >= 11 is 0. The molecule has 1 N–H and O–H groups in total. The van der Waals surface area contributed by atoms with E-state index < -0.39 is 12.1 Å². The fourth-order valence-electron chi connectivity index (χ4n) is 1.16. The molecule has 1 rings (SSSR count). The van der Waals surface area contributed by atoms with Crippen LogP contribution in [-0.4, -0.2) is 30.5 Å². The highest BCUT2D eigenvalue weighted by molar-refractivity contribution is 5.71. The van der Waals surface area contributed by atoms with E-state index in [9.17, 15) is 9.18 Å². The van der Waals surface area contributed by atoms with Gasteiger partial charge in [0.2, 0.25) is 0 Å². The smallest absolute Gasteiger partial charge is 0.338 e. The molecule has 2 unspecified atom stereocenters. The molecule has 0 radical (unpaired) electrons. The van der Waals surface area contributed by atoms with E-state index >= 15 is 0 Å². The molecule has 0 aromatic rings. The maximum Gasteiger partial charge on any atom is 0.338 e. The summed E-state index contributed by atoms with van der Waals surface area (Å²) in [5.74, 6) is -1.27. The maximum atomic E-state index is 12.5. The molecule has 3 nitrogen and oxygen atoms in total. The van der Waals surface area contributed by atoms with Crippen molar-refractivity contribution in [2.75, 3.05) is 13.2 Å². The van der Waals surface area contributed by atoms with Crippen molar-refractivity contribution in [3.63, 3.8) is 0 Å². The van der Waals surface area contributed by atoms with E-state index in [2.05, 4.69) is 0 Å². The molecule has 0 aliphatic carbocycles. The average Bonchev–Trinajstić information content (AvgIpc) is 2.39. The summed E-state index contributed by atoms with van der Waals surface area (Å²) in [6.45, 7) is 1.14. The maximum absolute atomic E-state index is 12.5. The topological polar surface area (TPSA) is 46.5 Å². The first kappa shape index (κ1) is 8.46. The SMILES string of the molecule is O=C(O)C(F)CC1CCOC1. The highest BCUT2D eigenvalue weighted by atomic mass is 19.1. The van der Waals surface area contributed by atoms with Gasteiger partial charge in [-0.3, -0.25) is 0 Å². The van der Waals surface area contributed by atoms with Crippen molar-refractivity contribution in [2.24, 2.45) is 5.92 Å². The summed E-state index contributed by atoms with van der Waals surface area (Å²) < 4.78 is 17.5. The van der Waals surface area contributed by atoms with Crippen LogP contribution in [0.1, 0.15) is 12.8 Å². The van der Waals surface area contributed by atoms with Crippen LogP contribution < -0.4 is 0 Å². The minimum Gasteiger partial charge on any atom is -0.479 e. The van der Waals surface area contributed by atoms with Crippen LogP contribution >= 0.6 is 0 Å². The minimum atomic E-state index is -1.72. The Kier molecular flexibility index (Phi) is 2.82. The molecule has 0 aromatic carbocycles. The largest absolute Gasteiger partial charge is 0.479 e. The summed E-state index contributed by atoms with van der Waals surface area (Å²) in [4.78, 5) is 10.1. The van der Waals surface area contributed by atoms with Gasteiger partial charge in [0, 0.05) is 13.2 Å². The monoisotopic (exact) mass is 162 g/mol. The molecule has 4 heteroatoms. The standard InChI is InChI=1S/C7H11FO3/c8-6(7(9)10)3-5-1-2-11-4-5/h5-6H,1-4H2,(H,9,10). The molecule has 1 fully saturated rings. The van der Waals surface area contributed by atoms with Gasteiger partial charge in [0.15, 0.2) is 6.17 Å². The van der Waals surface area contributed by atoms with Gasteiger partial charge in [-0.15, -0.1) is 0 Å². The van der Waals surface area contributed by atoms with E-state index in [-0.39, 0.29) is 12.3 Å². The fraction of sp³-hybridized carbons (Fsp3) is 0.857. The molecule has 1 aliphatic rings. The van der Waals surface area contributed by atoms with Crippen molar-refractivity contribution in [3.05, 3.63) is 0 Å². The first-order valence-corrected chi connectivity index (χ1v) is 3.64. The molecule has 0 amide bonds. The van der Waals surface area contributed by atoms with Crippen LogP contribution in [0, 0.1) is 5.92 Å². The van der Waals surface area contributed by atoms with Crippen molar-refractivity contribution >= 4 is 5.97 Å². The number of ether oxygens (including phenoxy) is 1. The van der Waals surface area contributed by atoms with Gasteiger partial charge in [-0.05, 0) is 18.8 Å². The van der Waals surface area contributed by atoms with Crippen molar-refractivity contribution < 1.29 is 19.0 Å². The molecule has 0 aromatic heterocycles. The average molecular weight is 162 g/mol. The van der Waals surface area contributed by atoms with Crippen molar-refractivity contribution in [3.8, 4) is 0 Å². The van der Waals surface area contributed by atoms with E-state index in [4.69, 9.17) is 9.84 Å². The molecule has 0 saturated carbocycles. The third-order valence-electron chi connectivity index (χ3n) is 1.83. The second kappa shape index (κ2) is 3.67. The summed E-state index contributed by atoms with van der Waals surface area (Å²) in [5.41, 5.74) is 0. The predicted molar refractivity (Wildman–Crippen MR) is 36.1 cm³/mol. The lowest BCUT2D eigenvalue weighted by Gasteiger charge is -2.07. The van der Waals surface area contributed by atoms with E-state index in [0.717, 1.165) is 6.42 Å². The number of aliphatic carboxylic acids is 1. The summed E-state index contributed by atoms with van der Waals surface area (Å²) in [6, 6.07) is 0. The van der Waals surface area contributed by atoms with E-state index in [1.165, 1.54) is 0 Å². The first-order valence-electron chi connectivity index (χ1n) is 3.64. The van der Waals surface area contributed by atoms with Crippen LogP contribution in [-0.2, 0) is 9.53 Å². The number of hydrogen-bond donors (Lipinski definition) is 1. The van der Waals surface area contributed by atoms with Crippen molar-refractivity contribution in [1.29, 1.82) is 0 Å². The summed E-state index contributed by atoms with van der Waals surface area (Å²) in [5, 5.41) is 8.23. The zero-order valence-electron chi connectivity index (χ0n) is 6.12. The molecule has 0 bridgehead atoms. The quantitative estimate of drug-likeness (QED) is 0.668. The predicted octanol–water partition coefficient (Wildman–Crippen LogP) is 0.836. The number of carbonyl (C=O) groups is 1. The molecule has 64 valence electrons. The third kappa shape index (κ3) is 2.46. The molecular formula is C7H11FO3. The molecule has 11 heavy (non-hydrogen) atoms. The lowest BCUT2D eigenvalue weighted by molar-refractivity contribution is -0.143. The second-order valence-electron chi connectivity index (χ2n) is 2.77. The Morgan fingerprint density at radius 3 is 3.00 bits per heavy atom. The summed E-state index contributed by atoms with van der Waals surface area (Å²) in [6.07, 6.45) is -0.843. The zero-order chi connectivity index (χ0) is 8.27. The lowest BCUT2D eigenvalue weighted by Crippen LogP contribution is -2.18. The number of halogens is 1. The van der Waals surface area contributed by atoms with Crippen molar-refractivity contribution in [2.45, 2.75) is 19.0 Å². The van der Waals surface area contributed by atoms with Gasteiger partial charge < -0.3 is 9.84 Å². The second-order valence-corrected chi connectivity index (χ2v) is 2.77. The zero-order valence-corrected chi connectivity index (χ0v) is 6.12. The van der Waals surface area contributed by atoms with Gasteiger partial charge in [0.05, 0.1) is 0 Å². The number of alkyl halides is 1. The minimum absolute atomic E-state index is 0.0926. The molecular weight excluding hydrogens is 151 g/mol. The Morgan fingerprint density at radius 1 is 1.82 bits per heavy atom. The number of rotatable bonds is 3. The lowest BCUT2D eigenvalue weighted by atomic mass is 10.0. The van der Waals surface area contributed by atoms with Gasteiger partial charge >= 0.3 is 5.97 Å². The van der Waals surface area contributed by atoms with Crippen LogP contribution in [0.4, 0.5) is 4.39 Å². The highest BCUT2D eigenvalue weighted by Gasteiger charge is 2.24. The Labute approximate surface area is 64.2 Å². The first-order chi connectivity index (χ1) is 5.20. The van der Waals surface area contributed by atoms with Gasteiger partial charge in [0.25, 0.3) is 0 Å². The molecule has 2 atom stereocenters. The number of carboxylic acids is 1. The molecule has 1 aliphatic heterocycles. The Morgan fingerprint density at radius 2 is 2.55 bits per heavy atom. The Bertz CT molecular complexity index is 143. The Balaban J connectivity index is 2.23. The molecule has 1 saturated heterocycles. The van der Waals surface area contributed by atoms with Gasteiger partial charge in [-0.1, -0.05) is 0 Å². The normalized spacial score (nSPS) is 26.8. The van der Waals surface area contributed by atoms with E-state index in [0.29, 0.717) is 13.2 Å². The van der Waals surface area contributed by atoms with E-state index in [1.54, 1.807) is 0 Å². The van der Waals surface area contributed by atoms with Crippen LogP contribution in [0.5, 0.6) is 0 Å². The van der Waals surface area contributed by atoms with Crippen LogP contribution in [0.15, 0.2) is 0 Å². The molecule has 0 spiro atoms. The van der Waals surface area contributed by atoms with Crippen LogP contribution in [0.3, 0.4) is 0 Å². The van der Waals surface area contributed by atoms with Crippen molar-refractivity contribution in [1.82, 2.24) is 0 Å². The fourth-order valence-corrected chi connectivity index (χ4v) is 1.16. The number of carboxylic acid groups (broad SMARTS) is 1. The van der Waals surface area contributed by atoms with E-state index in [1.807, 2.05) is 0 Å². The third-order valence-corrected chi connectivity index (χ3v) is 1.83. The molecule has 1 heterocycles. The van der Waals surface area contributed by atoms with Crippen LogP contribution in [0.25, 0.3) is 0 Å².